The second-order valence-electron chi connectivity index (χ2n) is 4.01. The fourth-order valence-corrected chi connectivity index (χ4v) is 2.09. The molecule has 0 aliphatic carbocycles. The van der Waals surface area contributed by atoms with Gasteiger partial charge in [0.05, 0.1) is 11.1 Å². The minimum atomic E-state index is -1.63. The van der Waals surface area contributed by atoms with Gasteiger partial charge in [0.15, 0.2) is 17.5 Å². The van der Waals surface area contributed by atoms with E-state index in [0.29, 0.717) is 0 Å². The summed E-state index contributed by atoms with van der Waals surface area (Å²) in [4.78, 5) is 0. The van der Waals surface area contributed by atoms with E-state index in [9.17, 15) is 17.6 Å². The lowest BCUT2D eigenvalue weighted by atomic mass is 9.98. The molecule has 0 amide bonds. The number of nitrogens with one attached hydrogen (secondary N) is 1. The van der Waals surface area contributed by atoms with Crippen LogP contribution in [0, 0.1) is 23.3 Å². The van der Waals surface area contributed by atoms with E-state index in [-0.39, 0.29) is 16.1 Å². The zero-order valence-electron chi connectivity index (χ0n) is 9.93. The van der Waals surface area contributed by atoms with Crippen LogP contribution in [0.2, 0.25) is 5.02 Å². The third kappa shape index (κ3) is 2.49. The van der Waals surface area contributed by atoms with Crippen LogP contribution in [-0.4, -0.2) is 0 Å². The van der Waals surface area contributed by atoms with Gasteiger partial charge in [0.2, 0.25) is 0 Å². The highest BCUT2D eigenvalue weighted by Crippen LogP contribution is 2.31. The third-order valence-corrected chi connectivity index (χ3v) is 3.23. The highest BCUT2D eigenvalue weighted by molar-refractivity contribution is 6.31. The van der Waals surface area contributed by atoms with Gasteiger partial charge >= 0.3 is 0 Å². The Morgan fingerprint density at radius 2 is 1.60 bits per heavy atom. The summed E-state index contributed by atoms with van der Waals surface area (Å²) in [6, 6.07) is 4.51. The molecule has 2 aromatic rings. The van der Waals surface area contributed by atoms with Gasteiger partial charge in [-0.05, 0) is 17.7 Å². The van der Waals surface area contributed by atoms with Crippen molar-refractivity contribution in [1.82, 2.24) is 5.43 Å². The zero-order valence-corrected chi connectivity index (χ0v) is 10.7. The van der Waals surface area contributed by atoms with Gasteiger partial charge < -0.3 is 0 Å². The molecule has 1 unspecified atom stereocenters. The summed E-state index contributed by atoms with van der Waals surface area (Å²) in [5.41, 5.74) is 2.04. The molecule has 20 heavy (non-hydrogen) atoms. The zero-order chi connectivity index (χ0) is 14.9. The maximum atomic E-state index is 13.8. The van der Waals surface area contributed by atoms with Gasteiger partial charge in [-0.1, -0.05) is 29.8 Å². The summed E-state index contributed by atoms with van der Waals surface area (Å²) in [7, 11) is 0. The van der Waals surface area contributed by atoms with Crippen LogP contribution in [0.4, 0.5) is 17.6 Å². The van der Waals surface area contributed by atoms with Crippen LogP contribution in [-0.2, 0) is 0 Å². The normalized spacial score (nSPS) is 12.5. The Bertz CT molecular complexity index is 649. The molecular formula is C13H9ClF4N2. The van der Waals surface area contributed by atoms with Gasteiger partial charge in [-0.25, -0.2) is 23.0 Å². The van der Waals surface area contributed by atoms with E-state index in [0.717, 1.165) is 18.2 Å². The first kappa shape index (κ1) is 14.8. The molecule has 0 saturated heterocycles. The van der Waals surface area contributed by atoms with Crippen molar-refractivity contribution < 1.29 is 17.6 Å². The van der Waals surface area contributed by atoms with Crippen molar-refractivity contribution in [3.8, 4) is 0 Å². The van der Waals surface area contributed by atoms with Crippen molar-refractivity contribution in [2.24, 2.45) is 5.84 Å². The predicted octanol–water partition coefficient (Wildman–Crippen LogP) is 3.45. The van der Waals surface area contributed by atoms with Crippen molar-refractivity contribution in [3.05, 3.63) is 69.8 Å². The predicted molar refractivity (Wildman–Crippen MR) is 66.9 cm³/mol. The summed E-state index contributed by atoms with van der Waals surface area (Å²) in [5, 5.41) is -0.278. The average Bonchev–Trinajstić information content (AvgIpc) is 2.44. The maximum absolute atomic E-state index is 13.8. The van der Waals surface area contributed by atoms with Crippen molar-refractivity contribution in [3.63, 3.8) is 0 Å². The quantitative estimate of drug-likeness (QED) is 0.394. The Morgan fingerprint density at radius 3 is 2.25 bits per heavy atom. The molecule has 0 aliphatic rings. The van der Waals surface area contributed by atoms with E-state index in [1.165, 1.54) is 12.1 Å². The number of benzene rings is 2. The summed E-state index contributed by atoms with van der Waals surface area (Å²) in [6.45, 7) is 0. The van der Waals surface area contributed by atoms with Crippen molar-refractivity contribution >= 4 is 11.6 Å². The number of rotatable bonds is 3. The van der Waals surface area contributed by atoms with Crippen LogP contribution >= 0.6 is 11.6 Å². The van der Waals surface area contributed by atoms with E-state index in [4.69, 9.17) is 17.4 Å². The topological polar surface area (TPSA) is 38.0 Å². The Balaban J connectivity index is 2.59. The van der Waals surface area contributed by atoms with Gasteiger partial charge in [0.25, 0.3) is 0 Å². The van der Waals surface area contributed by atoms with Crippen LogP contribution in [0.5, 0.6) is 0 Å². The lowest BCUT2D eigenvalue weighted by Crippen LogP contribution is -2.30. The van der Waals surface area contributed by atoms with Crippen molar-refractivity contribution in [1.29, 1.82) is 0 Å². The molecule has 0 fully saturated rings. The van der Waals surface area contributed by atoms with Crippen molar-refractivity contribution in [2.45, 2.75) is 6.04 Å². The van der Waals surface area contributed by atoms with E-state index in [1.54, 1.807) is 0 Å². The molecule has 2 rings (SSSR count). The number of hydrazine groups is 1. The van der Waals surface area contributed by atoms with E-state index in [2.05, 4.69) is 5.43 Å². The molecule has 7 heteroatoms. The van der Waals surface area contributed by atoms with Crippen LogP contribution in [0.1, 0.15) is 17.2 Å². The largest absolute Gasteiger partial charge is 0.271 e. The molecule has 0 saturated carbocycles. The Morgan fingerprint density at radius 1 is 0.900 bits per heavy atom. The highest BCUT2D eigenvalue weighted by atomic mass is 35.5. The second kappa shape index (κ2) is 5.78. The number of hydrogen-bond acceptors (Lipinski definition) is 2. The van der Waals surface area contributed by atoms with Crippen molar-refractivity contribution in [2.75, 3.05) is 0 Å². The van der Waals surface area contributed by atoms with E-state index < -0.39 is 29.3 Å². The molecule has 3 N–H and O–H groups in total. The molecule has 106 valence electrons. The fourth-order valence-electron chi connectivity index (χ4n) is 1.85. The van der Waals surface area contributed by atoms with Crippen LogP contribution in [0.25, 0.3) is 0 Å². The minimum Gasteiger partial charge on any atom is -0.271 e. The Kier molecular flexibility index (Phi) is 4.27. The molecule has 0 bridgehead atoms. The molecule has 0 aliphatic heterocycles. The van der Waals surface area contributed by atoms with Gasteiger partial charge in [-0.3, -0.25) is 5.84 Å². The third-order valence-electron chi connectivity index (χ3n) is 2.84. The molecule has 0 radical (unpaired) electrons. The number of hydrogen-bond donors (Lipinski definition) is 2. The first-order valence-corrected chi connectivity index (χ1v) is 5.88. The van der Waals surface area contributed by atoms with Gasteiger partial charge in [0, 0.05) is 5.56 Å². The number of nitrogens with two attached hydrogens (primary N) is 1. The summed E-state index contributed by atoms with van der Waals surface area (Å²) in [6.07, 6.45) is 0. The second-order valence-corrected chi connectivity index (χ2v) is 4.39. The monoisotopic (exact) mass is 304 g/mol. The van der Waals surface area contributed by atoms with Gasteiger partial charge in [0.1, 0.15) is 5.82 Å². The Labute approximate surface area is 117 Å². The molecule has 2 aromatic carbocycles. The first-order chi connectivity index (χ1) is 9.47. The average molecular weight is 305 g/mol. The number of halogens is 5. The van der Waals surface area contributed by atoms with E-state index in [1.807, 2.05) is 0 Å². The summed E-state index contributed by atoms with van der Waals surface area (Å²) in [5.74, 6) is 0.205. The van der Waals surface area contributed by atoms with Gasteiger partial charge in [-0.15, -0.1) is 0 Å². The lowest BCUT2D eigenvalue weighted by molar-refractivity contribution is 0.433. The molecule has 2 nitrogen and oxygen atoms in total. The summed E-state index contributed by atoms with van der Waals surface area (Å²) >= 11 is 5.78. The fraction of sp³-hybridized carbons (Fsp3) is 0.0769. The highest BCUT2D eigenvalue weighted by Gasteiger charge is 2.24. The summed E-state index contributed by atoms with van der Waals surface area (Å²) < 4.78 is 53.4. The van der Waals surface area contributed by atoms with E-state index >= 15 is 0 Å². The molecular weight excluding hydrogens is 296 g/mol. The molecule has 0 aromatic heterocycles. The molecule has 1 atom stereocenters. The van der Waals surface area contributed by atoms with Crippen LogP contribution in [0.15, 0.2) is 30.3 Å². The van der Waals surface area contributed by atoms with Crippen LogP contribution in [0.3, 0.4) is 0 Å². The first-order valence-electron chi connectivity index (χ1n) is 5.50. The minimum absolute atomic E-state index is 0.110. The smallest absolute Gasteiger partial charge is 0.194 e. The van der Waals surface area contributed by atoms with Crippen LogP contribution < -0.4 is 11.3 Å². The Hall–Kier alpha value is -1.63. The lowest BCUT2D eigenvalue weighted by Gasteiger charge is -2.19. The standard InChI is InChI=1S/C13H9ClF4N2/c14-10-6(2-1-3-8(10)15)13(20-19)7-4-5-9(16)12(18)11(7)17/h1-5,13,20H,19H2. The molecule has 0 heterocycles. The SMILES string of the molecule is NNC(c1ccc(F)c(F)c1F)c1cccc(F)c1Cl. The molecule has 0 spiro atoms. The van der Waals surface area contributed by atoms with Gasteiger partial charge in [-0.2, -0.15) is 0 Å². The maximum Gasteiger partial charge on any atom is 0.194 e.